The standard InChI is InChI=1S/C19H21BrN2O/c1-14-13-16(20)9-10-17(14)21-19(23)18(22-11-5-6-12-22)15-7-3-2-4-8-15/h2-4,7-10,13,18H,5-6,11-12H2,1H3,(H,21,23)/t18-/m1/s1. The summed E-state index contributed by atoms with van der Waals surface area (Å²) >= 11 is 3.46. The molecule has 4 heteroatoms. The van der Waals surface area contributed by atoms with Crippen molar-refractivity contribution in [3.63, 3.8) is 0 Å². The predicted octanol–water partition coefficient (Wildman–Crippen LogP) is 4.53. The van der Waals surface area contributed by atoms with Crippen LogP contribution in [0.5, 0.6) is 0 Å². The van der Waals surface area contributed by atoms with Gasteiger partial charge in [0.05, 0.1) is 0 Å². The summed E-state index contributed by atoms with van der Waals surface area (Å²) in [6.07, 6.45) is 2.32. The third-order valence-corrected chi connectivity index (χ3v) is 4.81. The zero-order valence-electron chi connectivity index (χ0n) is 13.3. The number of carbonyl (C=O) groups is 1. The summed E-state index contributed by atoms with van der Waals surface area (Å²) in [5.74, 6) is 0.0449. The van der Waals surface area contributed by atoms with Gasteiger partial charge in [0.25, 0.3) is 0 Å². The van der Waals surface area contributed by atoms with E-state index in [9.17, 15) is 4.79 Å². The molecule has 1 N–H and O–H groups in total. The number of aryl methyl sites for hydroxylation is 1. The van der Waals surface area contributed by atoms with Gasteiger partial charge in [-0.1, -0.05) is 46.3 Å². The largest absolute Gasteiger partial charge is 0.324 e. The number of benzene rings is 2. The molecule has 3 rings (SSSR count). The number of hydrogen-bond donors (Lipinski definition) is 1. The fraction of sp³-hybridized carbons (Fsp3) is 0.316. The van der Waals surface area contributed by atoms with E-state index in [1.807, 2.05) is 55.5 Å². The summed E-state index contributed by atoms with van der Waals surface area (Å²) < 4.78 is 1.02. The van der Waals surface area contributed by atoms with Crippen molar-refractivity contribution in [2.24, 2.45) is 0 Å². The molecule has 1 saturated heterocycles. The second-order valence-corrected chi connectivity index (χ2v) is 6.92. The van der Waals surface area contributed by atoms with E-state index in [0.717, 1.165) is 47.2 Å². The number of halogens is 1. The number of anilines is 1. The molecule has 0 aromatic heterocycles. The van der Waals surface area contributed by atoms with E-state index in [0.29, 0.717) is 0 Å². The van der Waals surface area contributed by atoms with Crippen molar-refractivity contribution in [3.8, 4) is 0 Å². The minimum atomic E-state index is -0.221. The summed E-state index contributed by atoms with van der Waals surface area (Å²) in [5, 5.41) is 3.11. The number of rotatable bonds is 4. The highest BCUT2D eigenvalue weighted by molar-refractivity contribution is 9.10. The molecule has 3 nitrogen and oxygen atoms in total. The van der Waals surface area contributed by atoms with E-state index in [2.05, 4.69) is 26.1 Å². The maximum Gasteiger partial charge on any atom is 0.246 e. The van der Waals surface area contributed by atoms with Crippen molar-refractivity contribution in [2.45, 2.75) is 25.8 Å². The minimum absolute atomic E-state index is 0.0449. The van der Waals surface area contributed by atoms with Gasteiger partial charge in [-0.3, -0.25) is 9.69 Å². The van der Waals surface area contributed by atoms with E-state index in [1.54, 1.807) is 0 Å². The van der Waals surface area contributed by atoms with Crippen LogP contribution in [0.15, 0.2) is 53.0 Å². The maximum absolute atomic E-state index is 13.0. The Morgan fingerprint density at radius 2 is 1.83 bits per heavy atom. The van der Waals surface area contributed by atoms with Crippen LogP contribution in [-0.2, 0) is 4.79 Å². The molecule has 2 aromatic rings. The third kappa shape index (κ3) is 3.82. The summed E-state index contributed by atoms with van der Waals surface area (Å²) in [5.41, 5.74) is 2.99. The van der Waals surface area contributed by atoms with Gasteiger partial charge in [-0.15, -0.1) is 0 Å². The highest BCUT2D eigenvalue weighted by Crippen LogP contribution is 2.28. The first-order valence-electron chi connectivity index (χ1n) is 8.01. The smallest absolute Gasteiger partial charge is 0.246 e. The highest BCUT2D eigenvalue weighted by Gasteiger charge is 2.29. The second kappa shape index (κ2) is 7.28. The summed E-state index contributed by atoms with van der Waals surface area (Å²) in [6.45, 7) is 3.96. The first kappa shape index (κ1) is 16.2. The van der Waals surface area contributed by atoms with Crippen LogP contribution in [0, 0.1) is 6.92 Å². The molecule has 0 saturated carbocycles. The molecule has 1 fully saturated rings. The molecule has 0 bridgehead atoms. The van der Waals surface area contributed by atoms with Crippen LogP contribution in [0.2, 0.25) is 0 Å². The van der Waals surface area contributed by atoms with Crippen LogP contribution in [0.1, 0.15) is 30.0 Å². The van der Waals surface area contributed by atoms with Gasteiger partial charge < -0.3 is 5.32 Å². The lowest BCUT2D eigenvalue weighted by molar-refractivity contribution is -0.121. The number of hydrogen-bond acceptors (Lipinski definition) is 2. The fourth-order valence-corrected chi connectivity index (χ4v) is 3.61. The van der Waals surface area contributed by atoms with Crippen LogP contribution < -0.4 is 5.32 Å². The number of likely N-dealkylation sites (tertiary alicyclic amines) is 1. The molecule has 1 aliphatic heterocycles. The number of amides is 1. The molecule has 1 amide bonds. The monoisotopic (exact) mass is 372 g/mol. The van der Waals surface area contributed by atoms with Gasteiger partial charge in [0, 0.05) is 10.2 Å². The van der Waals surface area contributed by atoms with E-state index in [1.165, 1.54) is 0 Å². The average Bonchev–Trinajstić information content (AvgIpc) is 3.05. The molecule has 23 heavy (non-hydrogen) atoms. The molecular weight excluding hydrogens is 352 g/mol. The van der Waals surface area contributed by atoms with Crippen molar-refractivity contribution in [2.75, 3.05) is 18.4 Å². The molecule has 120 valence electrons. The van der Waals surface area contributed by atoms with E-state index in [-0.39, 0.29) is 11.9 Å². The Kier molecular flexibility index (Phi) is 5.13. The van der Waals surface area contributed by atoms with Crippen LogP contribution in [0.25, 0.3) is 0 Å². The number of nitrogens with one attached hydrogen (secondary N) is 1. The fourth-order valence-electron chi connectivity index (χ4n) is 3.13. The zero-order chi connectivity index (χ0) is 16.2. The predicted molar refractivity (Wildman–Crippen MR) is 97.5 cm³/mol. The van der Waals surface area contributed by atoms with Crippen molar-refractivity contribution < 1.29 is 4.79 Å². The summed E-state index contributed by atoms with van der Waals surface area (Å²) in [7, 11) is 0. The minimum Gasteiger partial charge on any atom is -0.324 e. The van der Waals surface area contributed by atoms with Gasteiger partial charge in [0.2, 0.25) is 5.91 Å². The average molecular weight is 373 g/mol. The zero-order valence-corrected chi connectivity index (χ0v) is 14.8. The highest BCUT2D eigenvalue weighted by atomic mass is 79.9. The molecule has 2 aromatic carbocycles. The molecule has 1 aliphatic rings. The molecular formula is C19H21BrN2O. The van der Waals surface area contributed by atoms with Gasteiger partial charge in [0.1, 0.15) is 6.04 Å². The lowest BCUT2D eigenvalue weighted by Crippen LogP contribution is -2.35. The molecule has 0 unspecified atom stereocenters. The van der Waals surface area contributed by atoms with Gasteiger partial charge in [0.15, 0.2) is 0 Å². The Labute approximate surface area is 145 Å². The van der Waals surface area contributed by atoms with Gasteiger partial charge in [-0.2, -0.15) is 0 Å². The summed E-state index contributed by atoms with van der Waals surface area (Å²) in [4.78, 5) is 15.2. The Bertz CT molecular complexity index is 681. The van der Waals surface area contributed by atoms with Crippen molar-refractivity contribution in [1.82, 2.24) is 4.90 Å². The second-order valence-electron chi connectivity index (χ2n) is 6.00. The topological polar surface area (TPSA) is 32.3 Å². The van der Waals surface area contributed by atoms with Gasteiger partial charge >= 0.3 is 0 Å². The van der Waals surface area contributed by atoms with E-state index >= 15 is 0 Å². The SMILES string of the molecule is Cc1cc(Br)ccc1NC(=O)[C@@H](c1ccccc1)N1CCCC1. The van der Waals surface area contributed by atoms with E-state index in [4.69, 9.17) is 0 Å². The van der Waals surface area contributed by atoms with Crippen LogP contribution >= 0.6 is 15.9 Å². The van der Waals surface area contributed by atoms with Crippen molar-refractivity contribution in [1.29, 1.82) is 0 Å². The Hall–Kier alpha value is -1.65. The van der Waals surface area contributed by atoms with Crippen LogP contribution in [0.3, 0.4) is 0 Å². The van der Waals surface area contributed by atoms with Crippen molar-refractivity contribution in [3.05, 3.63) is 64.1 Å². The quantitative estimate of drug-likeness (QED) is 0.854. The van der Waals surface area contributed by atoms with Crippen LogP contribution in [-0.4, -0.2) is 23.9 Å². The first-order chi connectivity index (χ1) is 11.1. The Morgan fingerprint density at radius 3 is 2.48 bits per heavy atom. The molecule has 0 spiro atoms. The van der Waals surface area contributed by atoms with Crippen molar-refractivity contribution >= 4 is 27.5 Å². The lowest BCUT2D eigenvalue weighted by Gasteiger charge is -2.27. The molecule has 1 heterocycles. The first-order valence-corrected chi connectivity index (χ1v) is 8.80. The summed E-state index contributed by atoms with van der Waals surface area (Å²) in [6, 6.07) is 15.8. The van der Waals surface area contributed by atoms with Crippen LogP contribution in [0.4, 0.5) is 5.69 Å². The maximum atomic E-state index is 13.0. The number of carbonyl (C=O) groups excluding carboxylic acids is 1. The third-order valence-electron chi connectivity index (χ3n) is 4.32. The molecule has 0 radical (unpaired) electrons. The Morgan fingerprint density at radius 1 is 1.13 bits per heavy atom. The normalized spacial score (nSPS) is 16.3. The van der Waals surface area contributed by atoms with Gasteiger partial charge in [-0.25, -0.2) is 0 Å². The van der Waals surface area contributed by atoms with E-state index < -0.39 is 0 Å². The molecule has 1 atom stereocenters. The lowest BCUT2D eigenvalue weighted by atomic mass is 10.0. The number of nitrogens with zero attached hydrogens (tertiary/aromatic N) is 1. The molecule has 0 aliphatic carbocycles. The Balaban J connectivity index is 1.85. The van der Waals surface area contributed by atoms with Gasteiger partial charge in [-0.05, 0) is 62.2 Å².